The van der Waals surface area contributed by atoms with Gasteiger partial charge in [0.1, 0.15) is 11.5 Å². The number of thioether (sulfide) groups is 1. The Kier molecular flexibility index (Phi) is 5.34. The normalized spacial score (nSPS) is 10.9. The molecule has 1 amide bonds. The highest BCUT2D eigenvalue weighted by Crippen LogP contribution is 2.29. The minimum absolute atomic E-state index is 0.139. The van der Waals surface area contributed by atoms with Gasteiger partial charge in [0.05, 0.1) is 5.52 Å². The van der Waals surface area contributed by atoms with Crippen molar-refractivity contribution >= 4 is 34.3 Å². The zero-order valence-electron chi connectivity index (χ0n) is 14.9. The third-order valence-corrected chi connectivity index (χ3v) is 5.17. The molecule has 0 fully saturated rings. The van der Waals surface area contributed by atoms with Gasteiger partial charge in [-0.3, -0.25) is 14.9 Å². The molecule has 140 valence electrons. The van der Waals surface area contributed by atoms with Crippen LogP contribution in [0.1, 0.15) is 6.42 Å². The second kappa shape index (κ2) is 8.22. The van der Waals surface area contributed by atoms with Crippen LogP contribution in [-0.2, 0) is 4.79 Å². The fourth-order valence-corrected chi connectivity index (χ4v) is 3.75. The Morgan fingerprint density at radius 3 is 2.89 bits per heavy atom. The summed E-state index contributed by atoms with van der Waals surface area (Å²) in [6, 6.07) is 15.8. The topological polar surface area (TPSA) is 70.7 Å². The van der Waals surface area contributed by atoms with Gasteiger partial charge >= 0.3 is 0 Å². The van der Waals surface area contributed by atoms with Crippen LogP contribution in [0.5, 0.6) is 0 Å². The standard InChI is InChI=1S/C21H17FN4OS/c22-15-4-1-5-16(11-15)24-20(27)8-10-28-17-6-7-18-19(12-17)25-26-21(18)14-3-2-9-23-13-14/h1-7,9,11-13H,8,10H2,(H,24,27)(H,25,26). The van der Waals surface area contributed by atoms with Gasteiger partial charge in [0, 0.05) is 46.1 Å². The first-order valence-electron chi connectivity index (χ1n) is 8.76. The Morgan fingerprint density at radius 2 is 2.07 bits per heavy atom. The number of carbonyl (C=O) groups is 1. The smallest absolute Gasteiger partial charge is 0.225 e. The summed E-state index contributed by atoms with van der Waals surface area (Å²) >= 11 is 1.59. The molecule has 2 aromatic heterocycles. The van der Waals surface area contributed by atoms with E-state index in [2.05, 4.69) is 20.5 Å². The molecule has 0 unspecified atom stereocenters. The Bertz CT molecular complexity index is 1110. The molecule has 28 heavy (non-hydrogen) atoms. The lowest BCUT2D eigenvalue weighted by molar-refractivity contribution is -0.115. The fraction of sp³-hybridized carbons (Fsp3) is 0.0952. The van der Waals surface area contributed by atoms with Gasteiger partial charge in [0.25, 0.3) is 0 Å². The summed E-state index contributed by atoms with van der Waals surface area (Å²) in [4.78, 5) is 17.2. The zero-order chi connectivity index (χ0) is 19.3. The first kappa shape index (κ1) is 18.2. The van der Waals surface area contributed by atoms with E-state index in [-0.39, 0.29) is 11.7 Å². The summed E-state index contributed by atoms with van der Waals surface area (Å²) in [5, 5.41) is 11.2. The zero-order valence-corrected chi connectivity index (χ0v) is 15.7. The minimum Gasteiger partial charge on any atom is -0.326 e. The molecule has 2 N–H and O–H groups in total. The van der Waals surface area contributed by atoms with E-state index in [9.17, 15) is 9.18 Å². The van der Waals surface area contributed by atoms with Crippen molar-refractivity contribution in [2.45, 2.75) is 11.3 Å². The summed E-state index contributed by atoms with van der Waals surface area (Å²) in [5.41, 5.74) is 3.24. The van der Waals surface area contributed by atoms with Crippen LogP contribution in [0.2, 0.25) is 0 Å². The summed E-state index contributed by atoms with van der Waals surface area (Å²) < 4.78 is 13.2. The van der Waals surface area contributed by atoms with E-state index in [1.54, 1.807) is 36.3 Å². The Morgan fingerprint density at radius 1 is 1.14 bits per heavy atom. The van der Waals surface area contributed by atoms with E-state index < -0.39 is 0 Å². The molecule has 0 atom stereocenters. The molecule has 0 radical (unpaired) electrons. The van der Waals surface area contributed by atoms with E-state index in [1.807, 2.05) is 30.3 Å². The van der Waals surface area contributed by atoms with Crippen LogP contribution < -0.4 is 5.32 Å². The number of H-pyrrole nitrogens is 1. The first-order valence-corrected chi connectivity index (χ1v) is 9.74. The van der Waals surface area contributed by atoms with Crippen molar-refractivity contribution in [2.24, 2.45) is 0 Å². The SMILES string of the molecule is O=C(CCSc1ccc2c(-c3cccnc3)n[nH]c2c1)Nc1cccc(F)c1. The molecule has 5 nitrogen and oxygen atoms in total. The van der Waals surface area contributed by atoms with Crippen molar-refractivity contribution < 1.29 is 9.18 Å². The van der Waals surface area contributed by atoms with Gasteiger partial charge in [-0.15, -0.1) is 11.8 Å². The number of fused-ring (bicyclic) bond motifs is 1. The third kappa shape index (κ3) is 4.20. The van der Waals surface area contributed by atoms with E-state index in [0.29, 0.717) is 17.9 Å². The molecule has 0 aliphatic carbocycles. The van der Waals surface area contributed by atoms with Crippen LogP contribution in [0, 0.1) is 5.82 Å². The molecule has 0 saturated heterocycles. The van der Waals surface area contributed by atoms with Gasteiger partial charge < -0.3 is 5.32 Å². The molecule has 2 heterocycles. The van der Waals surface area contributed by atoms with Crippen molar-refractivity contribution in [3.63, 3.8) is 0 Å². The van der Waals surface area contributed by atoms with Crippen molar-refractivity contribution in [2.75, 3.05) is 11.1 Å². The average Bonchev–Trinajstić information content (AvgIpc) is 3.12. The molecule has 0 saturated carbocycles. The van der Waals surface area contributed by atoms with Crippen molar-refractivity contribution in [1.29, 1.82) is 0 Å². The lowest BCUT2D eigenvalue weighted by atomic mass is 10.1. The lowest BCUT2D eigenvalue weighted by Crippen LogP contribution is -2.12. The quantitative estimate of drug-likeness (QED) is 0.459. The van der Waals surface area contributed by atoms with Gasteiger partial charge in [-0.05, 0) is 48.5 Å². The van der Waals surface area contributed by atoms with Gasteiger partial charge in [-0.25, -0.2) is 4.39 Å². The molecule has 0 spiro atoms. The number of hydrogen-bond donors (Lipinski definition) is 2. The van der Waals surface area contributed by atoms with Crippen molar-refractivity contribution in [1.82, 2.24) is 15.2 Å². The summed E-state index contributed by atoms with van der Waals surface area (Å²) in [6.45, 7) is 0. The highest BCUT2D eigenvalue weighted by Gasteiger charge is 2.09. The molecule has 4 rings (SSSR count). The number of anilines is 1. The Labute approximate surface area is 165 Å². The fourth-order valence-electron chi connectivity index (χ4n) is 2.86. The van der Waals surface area contributed by atoms with Crippen LogP contribution in [0.4, 0.5) is 10.1 Å². The van der Waals surface area contributed by atoms with E-state index >= 15 is 0 Å². The van der Waals surface area contributed by atoms with Crippen molar-refractivity contribution in [3.8, 4) is 11.3 Å². The Hall–Kier alpha value is -3.19. The first-order chi connectivity index (χ1) is 13.7. The molecular formula is C21H17FN4OS. The summed E-state index contributed by atoms with van der Waals surface area (Å²) in [6.07, 6.45) is 3.86. The number of nitrogens with zero attached hydrogens (tertiary/aromatic N) is 2. The number of aromatic amines is 1. The minimum atomic E-state index is -0.370. The largest absolute Gasteiger partial charge is 0.326 e. The molecular weight excluding hydrogens is 375 g/mol. The maximum Gasteiger partial charge on any atom is 0.225 e. The number of rotatable bonds is 6. The predicted molar refractivity (Wildman–Crippen MR) is 110 cm³/mol. The van der Waals surface area contributed by atoms with Gasteiger partial charge in [-0.1, -0.05) is 6.07 Å². The molecule has 7 heteroatoms. The highest BCUT2D eigenvalue weighted by atomic mass is 32.2. The average molecular weight is 392 g/mol. The maximum absolute atomic E-state index is 13.2. The number of amides is 1. The number of benzene rings is 2. The lowest BCUT2D eigenvalue weighted by Gasteiger charge is -2.05. The van der Waals surface area contributed by atoms with Gasteiger partial charge in [0.15, 0.2) is 0 Å². The monoisotopic (exact) mass is 392 g/mol. The van der Waals surface area contributed by atoms with Gasteiger partial charge in [0.2, 0.25) is 5.91 Å². The molecule has 2 aromatic carbocycles. The summed E-state index contributed by atoms with van der Waals surface area (Å²) in [7, 11) is 0. The van der Waals surface area contributed by atoms with Gasteiger partial charge in [-0.2, -0.15) is 5.10 Å². The number of hydrogen-bond acceptors (Lipinski definition) is 4. The highest BCUT2D eigenvalue weighted by molar-refractivity contribution is 7.99. The third-order valence-electron chi connectivity index (χ3n) is 4.18. The van der Waals surface area contributed by atoms with Crippen LogP contribution in [0.15, 0.2) is 71.9 Å². The molecule has 0 aliphatic heterocycles. The molecule has 0 bridgehead atoms. The van der Waals surface area contributed by atoms with Crippen LogP contribution in [-0.4, -0.2) is 26.8 Å². The number of pyridine rings is 1. The number of nitrogens with one attached hydrogen (secondary N) is 2. The van der Waals surface area contributed by atoms with E-state index in [4.69, 9.17) is 0 Å². The summed E-state index contributed by atoms with van der Waals surface area (Å²) in [5.74, 6) is 0.112. The van der Waals surface area contributed by atoms with Crippen LogP contribution in [0.25, 0.3) is 22.2 Å². The number of carbonyl (C=O) groups excluding carboxylic acids is 1. The second-order valence-corrected chi connectivity index (χ2v) is 7.35. The Balaban J connectivity index is 1.37. The molecule has 0 aliphatic rings. The predicted octanol–water partition coefficient (Wildman–Crippen LogP) is 4.88. The number of halogens is 1. The molecule has 4 aromatic rings. The second-order valence-electron chi connectivity index (χ2n) is 6.18. The van der Waals surface area contributed by atoms with Crippen LogP contribution >= 0.6 is 11.8 Å². The van der Waals surface area contributed by atoms with E-state index in [1.165, 1.54) is 12.1 Å². The van der Waals surface area contributed by atoms with E-state index in [0.717, 1.165) is 27.1 Å². The van der Waals surface area contributed by atoms with Crippen LogP contribution in [0.3, 0.4) is 0 Å². The van der Waals surface area contributed by atoms with Crippen molar-refractivity contribution in [3.05, 3.63) is 72.8 Å². The maximum atomic E-state index is 13.2. The number of aromatic nitrogens is 3.